The van der Waals surface area contributed by atoms with Crippen LogP contribution in [0.15, 0.2) is 219 Å². The molecule has 0 saturated heterocycles. The molecule has 12 rings (SSSR count). The first-order valence-corrected chi connectivity index (χ1v) is 21.8. The molecule has 0 unspecified atom stereocenters. The molecule has 0 aliphatic carbocycles. The van der Waals surface area contributed by atoms with Gasteiger partial charge in [-0.15, -0.1) is 0 Å². The molecule has 0 radical (unpaired) electrons. The Morgan fingerprint density at radius 2 is 0.909 bits per heavy atom. The van der Waals surface area contributed by atoms with Gasteiger partial charge < -0.3 is 9.13 Å². The van der Waals surface area contributed by atoms with Crippen molar-refractivity contribution in [2.45, 2.75) is 0 Å². The van der Waals surface area contributed by atoms with Crippen LogP contribution in [-0.4, -0.2) is 19.1 Å². The highest BCUT2D eigenvalue weighted by Gasteiger charge is 2.25. The zero-order valence-corrected chi connectivity index (χ0v) is 35.5. The highest BCUT2D eigenvalue weighted by atomic mass is 15.1. The summed E-state index contributed by atoms with van der Waals surface area (Å²) in [7, 11) is 0. The third-order valence-corrected chi connectivity index (χ3v) is 12.7. The van der Waals surface area contributed by atoms with E-state index in [4.69, 9.17) is 16.5 Å². The summed E-state index contributed by atoms with van der Waals surface area (Å²) in [4.78, 5) is 13.9. The van der Waals surface area contributed by atoms with Crippen LogP contribution in [0.25, 0.3) is 116 Å². The van der Waals surface area contributed by atoms with Crippen molar-refractivity contribution in [1.82, 2.24) is 19.1 Å². The van der Waals surface area contributed by atoms with Crippen molar-refractivity contribution >= 4 is 49.3 Å². The zero-order chi connectivity index (χ0) is 44.1. The highest BCUT2D eigenvalue weighted by molar-refractivity contribution is 6.14. The monoisotopic (exact) mass is 840 g/mol. The Kier molecular flexibility index (Phi) is 9.16. The number of hydrogen-bond acceptors (Lipinski definition) is 3. The first kappa shape index (κ1) is 38.3. The van der Waals surface area contributed by atoms with Crippen molar-refractivity contribution in [2.24, 2.45) is 0 Å². The van der Waals surface area contributed by atoms with E-state index in [2.05, 4.69) is 166 Å². The number of para-hydroxylation sites is 2. The average Bonchev–Trinajstić information content (AvgIpc) is 3.90. The number of aromatic nitrogens is 4. The van der Waals surface area contributed by atoms with Crippen molar-refractivity contribution < 1.29 is 0 Å². The Bertz CT molecular complexity index is 3960. The van der Waals surface area contributed by atoms with Crippen LogP contribution in [0.1, 0.15) is 5.56 Å². The molecule has 0 spiro atoms. The van der Waals surface area contributed by atoms with Gasteiger partial charge >= 0.3 is 0 Å². The second kappa shape index (κ2) is 15.8. The fourth-order valence-corrected chi connectivity index (χ4v) is 9.63. The maximum atomic E-state index is 10.1. The number of nitriles is 1. The van der Waals surface area contributed by atoms with Gasteiger partial charge in [-0.3, -0.25) is 9.97 Å². The summed E-state index contributed by atoms with van der Waals surface area (Å²) in [5.74, 6) is 0. The summed E-state index contributed by atoms with van der Waals surface area (Å²) in [6.45, 7) is 9.11. The molecule has 6 heteroatoms. The van der Waals surface area contributed by atoms with Gasteiger partial charge in [0.2, 0.25) is 5.69 Å². The lowest BCUT2D eigenvalue weighted by Gasteiger charge is -2.20. The lowest BCUT2D eigenvalue weighted by molar-refractivity contribution is 1.15. The molecule has 8 aromatic carbocycles. The van der Waals surface area contributed by atoms with Crippen LogP contribution in [0.3, 0.4) is 0 Å². The summed E-state index contributed by atoms with van der Waals surface area (Å²) in [6, 6.07) is 73.1. The number of rotatable bonds is 7. The smallest absolute Gasteiger partial charge is 0.234 e. The molecule has 0 amide bonds. The van der Waals surface area contributed by atoms with E-state index in [9.17, 15) is 5.26 Å². The van der Waals surface area contributed by atoms with Gasteiger partial charge in [0.05, 0.1) is 63.0 Å². The molecule has 0 saturated carbocycles. The van der Waals surface area contributed by atoms with Gasteiger partial charge in [-0.1, -0.05) is 127 Å². The van der Waals surface area contributed by atoms with Gasteiger partial charge in [-0.05, 0) is 112 Å². The van der Waals surface area contributed by atoms with Crippen molar-refractivity contribution in [3.8, 4) is 73.3 Å². The Morgan fingerprint density at radius 3 is 1.48 bits per heavy atom. The van der Waals surface area contributed by atoms with E-state index in [1.165, 1.54) is 0 Å². The predicted molar refractivity (Wildman–Crippen MR) is 269 cm³/mol. The fraction of sp³-hybridized carbons (Fsp3) is 0. The van der Waals surface area contributed by atoms with Gasteiger partial charge in [0, 0.05) is 45.1 Å². The number of pyridine rings is 2. The topological polar surface area (TPSA) is 63.8 Å². The van der Waals surface area contributed by atoms with Crippen LogP contribution >= 0.6 is 0 Å². The Labute approximate surface area is 381 Å². The van der Waals surface area contributed by atoms with E-state index in [0.717, 1.165) is 111 Å². The Hall–Kier alpha value is -9.36. The van der Waals surface area contributed by atoms with Gasteiger partial charge in [-0.25, -0.2) is 4.85 Å². The van der Waals surface area contributed by atoms with Crippen LogP contribution in [0.4, 0.5) is 5.69 Å². The Morgan fingerprint density at radius 1 is 0.409 bits per heavy atom. The molecular weight excluding hydrogens is 805 g/mol. The molecule has 4 heterocycles. The lowest BCUT2D eigenvalue weighted by atomic mass is 9.99. The number of nitrogens with zero attached hydrogens (tertiary/aromatic N) is 6. The van der Waals surface area contributed by atoms with E-state index in [1.54, 1.807) is 0 Å². The maximum Gasteiger partial charge on any atom is 0.234 e. The average molecular weight is 841 g/mol. The van der Waals surface area contributed by atoms with Crippen LogP contribution < -0.4 is 0 Å². The van der Waals surface area contributed by atoms with Gasteiger partial charge in [-0.2, -0.15) is 5.26 Å². The molecule has 12 aromatic rings. The fourth-order valence-electron chi connectivity index (χ4n) is 9.63. The van der Waals surface area contributed by atoms with Gasteiger partial charge in [0.1, 0.15) is 0 Å². The molecule has 66 heavy (non-hydrogen) atoms. The standard InChI is InChI=1S/C60H36N6/c1-62-59-58(65-54-21-10-8-19-48(54)50-34-42(23-26-56(50)65)44-29-31-63-52(36-44)40-14-4-2-5-15-40)28-25-47(46-18-12-13-39(33-46)38-61)60(59)66-55-22-11-9-20-49(55)51-35-43(24-27-57(51)66)45-30-32-64-53(37-45)41-16-6-3-7-17-41/h2-37H. The summed E-state index contributed by atoms with van der Waals surface area (Å²) in [5.41, 5.74) is 16.4. The van der Waals surface area contributed by atoms with Crippen molar-refractivity contribution in [3.63, 3.8) is 0 Å². The summed E-state index contributed by atoms with van der Waals surface area (Å²) in [5, 5.41) is 14.4. The first-order chi connectivity index (χ1) is 32.6. The molecule has 0 bridgehead atoms. The molecule has 0 atom stereocenters. The zero-order valence-electron chi connectivity index (χ0n) is 35.5. The predicted octanol–water partition coefficient (Wildman–Crippen LogP) is 15.4. The molecule has 0 aliphatic rings. The van der Waals surface area contributed by atoms with Crippen LogP contribution in [0.5, 0.6) is 0 Å². The van der Waals surface area contributed by atoms with Crippen LogP contribution in [0.2, 0.25) is 0 Å². The summed E-state index contributed by atoms with van der Waals surface area (Å²) in [6.07, 6.45) is 3.75. The Balaban J connectivity index is 1.09. The normalized spacial score (nSPS) is 11.3. The lowest BCUT2D eigenvalue weighted by Crippen LogP contribution is -2.02. The molecule has 0 N–H and O–H groups in total. The van der Waals surface area contributed by atoms with Gasteiger partial charge in [0.15, 0.2) is 0 Å². The molecule has 4 aromatic heterocycles. The minimum absolute atomic E-state index is 0.497. The van der Waals surface area contributed by atoms with Crippen molar-refractivity contribution in [3.05, 3.63) is 236 Å². The summed E-state index contributed by atoms with van der Waals surface area (Å²) >= 11 is 0. The molecule has 306 valence electrons. The number of benzene rings is 8. The third-order valence-electron chi connectivity index (χ3n) is 12.7. The highest BCUT2D eigenvalue weighted by Crippen LogP contribution is 2.47. The van der Waals surface area contributed by atoms with Crippen LogP contribution in [-0.2, 0) is 0 Å². The van der Waals surface area contributed by atoms with E-state index < -0.39 is 0 Å². The number of fused-ring (bicyclic) bond motifs is 6. The molecular formula is C60H36N6. The molecule has 0 fully saturated rings. The number of hydrogen-bond donors (Lipinski definition) is 0. The second-order valence-corrected chi connectivity index (χ2v) is 16.4. The van der Waals surface area contributed by atoms with E-state index >= 15 is 0 Å². The first-order valence-electron chi connectivity index (χ1n) is 21.8. The quantitative estimate of drug-likeness (QED) is 0.150. The minimum Gasteiger partial charge on any atom is -0.319 e. The minimum atomic E-state index is 0.497. The maximum absolute atomic E-state index is 10.1. The third kappa shape index (κ3) is 6.33. The van der Waals surface area contributed by atoms with E-state index in [1.807, 2.05) is 73.1 Å². The molecule has 6 nitrogen and oxygen atoms in total. The van der Waals surface area contributed by atoms with Gasteiger partial charge in [0.25, 0.3) is 0 Å². The van der Waals surface area contributed by atoms with E-state index in [-0.39, 0.29) is 0 Å². The van der Waals surface area contributed by atoms with Crippen molar-refractivity contribution in [1.29, 1.82) is 5.26 Å². The van der Waals surface area contributed by atoms with Crippen LogP contribution in [0, 0.1) is 17.9 Å². The second-order valence-electron chi connectivity index (χ2n) is 16.4. The van der Waals surface area contributed by atoms with E-state index in [0.29, 0.717) is 11.3 Å². The summed E-state index contributed by atoms with van der Waals surface area (Å²) < 4.78 is 4.49. The molecule has 0 aliphatic heterocycles. The SMILES string of the molecule is [C-]#[N+]c1c(-n2c3ccccc3c3cc(-c4ccnc(-c5ccccc5)c4)ccc32)ccc(-c2cccc(C#N)c2)c1-n1c2ccccc2c2cc(-c3ccnc(-c4ccccc4)c3)ccc21. The van der Waals surface area contributed by atoms with Crippen molar-refractivity contribution in [2.75, 3.05) is 0 Å². The largest absolute Gasteiger partial charge is 0.319 e.